The van der Waals surface area contributed by atoms with E-state index in [9.17, 15) is 14.4 Å². The molecule has 1 atom stereocenters. The minimum Gasteiger partial charge on any atom is -0.455 e. The van der Waals surface area contributed by atoms with Gasteiger partial charge in [0.25, 0.3) is 11.8 Å². The van der Waals surface area contributed by atoms with E-state index in [1.807, 2.05) is 12.2 Å². The highest BCUT2D eigenvalue weighted by Crippen LogP contribution is 2.19. The normalized spacial score (nSPS) is 16.3. The molecule has 0 aromatic heterocycles. The monoisotopic (exact) mass is 330 g/mol. The Hall–Kier alpha value is -2.63. The fourth-order valence-electron chi connectivity index (χ4n) is 2.41. The molecule has 0 saturated heterocycles. The summed E-state index contributed by atoms with van der Waals surface area (Å²) in [6, 6.07) is 6.56. The molecule has 0 bridgehead atoms. The lowest BCUT2D eigenvalue weighted by atomic mass is 9.95. The molecule has 1 aliphatic carbocycles. The van der Waals surface area contributed by atoms with Gasteiger partial charge >= 0.3 is 5.97 Å². The van der Waals surface area contributed by atoms with Crippen molar-refractivity contribution in [1.82, 2.24) is 4.90 Å². The summed E-state index contributed by atoms with van der Waals surface area (Å²) in [7, 11) is 3.35. The third-order valence-corrected chi connectivity index (χ3v) is 3.77. The summed E-state index contributed by atoms with van der Waals surface area (Å²) in [5.74, 6) is -0.995. The van der Waals surface area contributed by atoms with Gasteiger partial charge in [-0.1, -0.05) is 12.2 Å². The Morgan fingerprint density at radius 1 is 1.17 bits per heavy atom. The van der Waals surface area contributed by atoms with Crippen molar-refractivity contribution >= 4 is 23.5 Å². The summed E-state index contributed by atoms with van der Waals surface area (Å²) in [4.78, 5) is 37.0. The highest BCUT2D eigenvalue weighted by molar-refractivity contribution is 5.96. The second-order valence-electron chi connectivity index (χ2n) is 5.91. The predicted octanol–water partition coefficient (Wildman–Crippen LogP) is 2.23. The maximum absolute atomic E-state index is 11.9. The van der Waals surface area contributed by atoms with Crippen LogP contribution in [0.1, 0.15) is 29.6 Å². The van der Waals surface area contributed by atoms with Crippen LogP contribution < -0.4 is 5.32 Å². The topological polar surface area (TPSA) is 75.7 Å². The van der Waals surface area contributed by atoms with Crippen molar-refractivity contribution in [2.24, 2.45) is 5.92 Å². The molecule has 0 heterocycles. The maximum Gasteiger partial charge on any atom is 0.309 e. The molecular formula is C18H22N2O4. The van der Waals surface area contributed by atoms with Gasteiger partial charge in [0.1, 0.15) is 0 Å². The first kappa shape index (κ1) is 17.7. The molecule has 6 heteroatoms. The number of nitrogens with one attached hydrogen (secondary N) is 1. The quantitative estimate of drug-likeness (QED) is 0.663. The zero-order valence-corrected chi connectivity index (χ0v) is 14.0. The van der Waals surface area contributed by atoms with Gasteiger partial charge in [-0.3, -0.25) is 14.4 Å². The fraction of sp³-hybridized carbons (Fsp3) is 0.389. The number of hydrogen-bond acceptors (Lipinski definition) is 4. The lowest BCUT2D eigenvalue weighted by Gasteiger charge is -2.16. The molecule has 0 saturated carbocycles. The van der Waals surface area contributed by atoms with Crippen molar-refractivity contribution in [3.63, 3.8) is 0 Å². The Balaban J connectivity index is 1.80. The van der Waals surface area contributed by atoms with Gasteiger partial charge in [-0.05, 0) is 43.5 Å². The molecule has 1 aromatic carbocycles. The minimum absolute atomic E-state index is 0.108. The van der Waals surface area contributed by atoms with Crippen LogP contribution in [0.5, 0.6) is 0 Å². The zero-order valence-electron chi connectivity index (χ0n) is 14.0. The maximum atomic E-state index is 11.9. The van der Waals surface area contributed by atoms with Crippen molar-refractivity contribution in [3.05, 3.63) is 42.0 Å². The third-order valence-electron chi connectivity index (χ3n) is 3.77. The molecule has 1 aromatic rings. The Bertz CT molecular complexity index is 635. The van der Waals surface area contributed by atoms with Crippen LogP contribution in [0.2, 0.25) is 0 Å². The van der Waals surface area contributed by atoms with Crippen molar-refractivity contribution in [2.45, 2.75) is 19.3 Å². The number of amides is 2. The highest BCUT2D eigenvalue weighted by atomic mass is 16.5. The van der Waals surface area contributed by atoms with Crippen LogP contribution in [0.4, 0.5) is 5.69 Å². The van der Waals surface area contributed by atoms with E-state index in [-0.39, 0.29) is 24.4 Å². The number of ether oxygens (including phenoxy) is 1. The molecule has 2 amide bonds. The highest BCUT2D eigenvalue weighted by Gasteiger charge is 2.21. The Morgan fingerprint density at radius 3 is 2.46 bits per heavy atom. The van der Waals surface area contributed by atoms with Gasteiger partial charge in [-0.25, -0.2) is 0 Å². The molecule has 6 nitrogen and oxygen atoms in total. The van der Waals surface area contributed by atoms with Crippen LogP contribution in [0.15, 0.2) is 36.4 Å². The lowest BCUT2D eigenvalue weighted by molar-refractivity contribution is -0.151. The summed E-state index contributed by atoms with van der Waals surface area (Å²) in [5, 5.41) is 2.64. The number of allylic oxidation sites excluding steroid dienone is 2. The van der Waals surface area contributed by atoms with Crippen LogP contribution in [0.25, 0.3) is 0 Å². The van der Waals surface area contributed by atoms with Gasteiger partial charge in [0, 0.05) is 25.3 Å². The smallest absolute Gasteiger partial charge is 0.309 e. The summed E-state index contributed by atoms with van der Waals surface area (Å²) >= 11 is 0. The number of carbonyl (C=O) groups is 3. The van der Waals surface area contributed by atoms with E-state index in [0.717, 1.165) is 12.8 Å². The first-order chi connectivity index (χ1) is 11.5. The summed E-state index contributed by atoms with van der Waals surface area (Å²) in [6.45, 7) is -0.308. The molecular weight excluding hydrogens is 308 g/mol. The molecule has 0 unspecified atom stereocenters. The van der Waals surface area contributed by atoms with Gasteiger partial charge in [0.2, 0.25) is 0 Å². The van der Waals surface area contributed by atoms with E-state index < -0.39 is 5.91 Å². The van der Waals surface area contributed by atoms with Crippen molar-refractivity contribution in [1.29, 1.82) is 0 Å². The first-order valence-corrected chi connectivity index (χ1v) is 7.90. The number of anilines is 1. The van der Waals surface area contributed by atoms with E-state index in [2.05, 4.69) is 5.32 Å². The first-order valence-electron chi connectivity index (χ1n) is 7.90. The summed E-state index contributed by atoms with van der Waals surface area (Å²) in [6.07, 6.45) is 6.30. The van der Waals surface area contributed by atoms with Crippen molar-refractivity contribution < 1.29 is 19.1 Å². The summed E-state index contributed by atoms with van der Waals surface area (Å²) in [5.41, 5.74) is 1.08. The van der Waals surface area contributed by atoms with Crippen LogP contribution in [0, 0.1) is 5.92 Å². The molecule has 1 N–H and O–H groups in total. The molecule has 24 heavy (non-hydrogen) atoms. The molecule has 0 aliphatic heterocycles. The molecule has 0 spiro atoms. The predicted molar refractivity (Wildman–Crippen MR) is 90.5 cm³/mol. The van der Waals surface area contributed by atoms with E-state index in [4.69, 9.17) is 4.74 Å². The average molecular weight is 330 g/mol. The van der Waals surface area contributed by atoms with E-state index in [1.165, 1.54) is 4.90 Å². The van der Waals surface area contributed by atoms with Gasteiger partial charge in [0.15, 0.2) is 6.61 Å². The standard InChI is InChI=1S/C18H22N2O4/c1-20(2)17(22)13-8-10-15(11-9-13)19-16(21)12-24-18(23)14-6-4-3-5-7-14/h3-4,8-11,14H,5-7,12H2,1-2H3,(H,19,21)/t14-/m0/s1. The average Bonchev–Trinajstić information content (AvgIpc) is 2.60. The minimum atomic E-state index is -0.401. The van der Waals surface area contributed by atoms with Crippen LogP contribution in [-0.2, 0) is 14.3 Å². The molecule has 0 fully saturated rings. The molecule has 2 rings (SSSR count). The third kappa shape index (κ3) is 4.94. The number of benzene rings is 1. The summed E-state index contributed by atoms with van der Waals surface area (Å²) < 4.78 is 5.06. The number of carbonyl (C=O) groups excluding carboxylic acids is 3. The van der Waals surface area contributed by atoms with Crippen molar-refractivity contribution in [2.75, 3.05) is 26.0 Å². The molecule has 128 valence electrons. The second-order valence-corrected chi connectivity index (χ2v) is 5.91. The largest absolute Gasteiger partial charge is 0.455 e. The SMILES string of the molecule is CN(C)C(=O)c1ccc(NC(=O)COC(=O)[C@H]2CC=CCC2)cc1. The second kappa shape index (κ2) is 8.29. The van der Waals surface area contributed by atoms with Gasteiger partial charge < -0.3 is 15.0 Å². The molecule has 0 radical (unpaired) electrons. The number of esters is 1. The fourth-order valence-corrected chi connectivity index (χ4v) is 2.41. The van der Waals surface area contributed by atoms with E-state index >= 15 is 0 Å². The van der Waals surface area contributed by atoms with Gasteiger partial charge in [-0.2, -0.15) is 0 Å². The number of nitrogens with zero attached hydrogens (tertiary/aromatic N) is 1. The van der Waals surface area contributed by atoms with E-state index in [0.29, 0.717) is 17.7 Å². The van der Waals surface area contributed by atoms with Crippen LogP contribution in [-0.4, -0.2) is 43.4 Å². The van der Waals surface area contributed by atoms with E-state index in [1.54, 1.807) is 38.4 Å². The lowest BCUT2D eigenvalue weighted by Crippen LogP contribution is -2.25. The van der Waals surface area contributed by atoms with Crippen LogP contribution >= 0.6 is 0 Å². The van der Waals surface area contributed by atoms with Crippen molar-refractivity contribution in [3.8, 4) is 0 Å². The van der Waals surface area contributed by atoms with Gasteiger partial charge in [-0.15, -0.1) is 0 Å². The van der Waals surface area contributed by atoms with Crippen LogP contribution in [0.3, 0.4) is 0 Å². The van der Waals surface area contributed by atoms with Gasteiger partial charge in [0.05, 0.1) is 5.92 Å². The zero-order chi connectivity index (χ0) is 17.5. The Labute approximate surface area is 141 Å². The Kier molecular flexibility index (Phi) is 6.12. The number of rotatable bonds is 5. The number of hydrogen-bond donors (Lipinski definition) is 1. The molecule has 1 aliphatic rings. The Morgan fingerprint density at radius 2 is 1.88 bits per heavy atom.